The number of hydrogen-bond acceptors (Lipinski definition) is 5. The zero-order chi connectivity index (χ0) is 16.1. The number of amides is 1. The zero-order valence-electron chi connectivity index (χ0n) is 11.6. The summed E-state index contributed by atoms with van der Waals surface area (Å²) in [5.41, 5.74) is 0.129. The first-order valence-corrected chi connectivity index (χ1v) is 6.60. The summed E-state index contributed by atoms with van der Waals surface area (Å²) >= 11 is 5.73. The molecule has 0 radical (unpaired) electrons. The van der Waals surface area contributed by atoms with Crippen LogP contribution in [-0.2, 0) is 16.6 Å². The van der Waals surface area contributed by atoms with Gasteiger partial charge in [0.1, 0.15) is 0 Å². The Labute approximate surface area is 130 Å². The van der Waals surface area contributed by atoms with E-state index in [4.69, 9.17) is 16.3 Å². The number of aromatic nitrogens is 2. The second-order valence-corrected chi connectivity index (χ2v) is 4.75. The maximum atomic E-state index is 11.7. The molecule has 114 valence electrons. The van der Waals surface area contributed by atoms with Crippen LogP contribution in [0.4, 0.5) is 5.69 Å². The van der Waals surface area contributed by atoms with Crippen molar-refractivity contribution in [1.82, 2.24) is 9.78 Å². The van der Waals surface area contributed by atoms with Crippen LogP contribution in [-0.4, -0.2) is 28.3 Å². The van der Waals surface area contributed by atoms with Crippen LogP contribution in [0.2, 0.25) is 5.02 Å². The number of carbonyl (C=O) groups excluding carboxylic acids is 2. The number of anilines is 1. The van der Waals surface area contributed by atoms with Gasteiger partial charge in [0.15, 0.2) is 12.3 Å². The number of benzene rings is 1. The number of carbonyl (C=O) groups is 2. The van der Waals surface area contributed by atoms with E-state index in [0.29, 0.717) is 10.7 Å². The Hall–Kier alpha value is -2.67. The van der Waals surface area contributed by atoms with Gasteiger partial charge in [0.2, 0.25) is 0 Å². The van der Waals surface area contributed by atoms with E-state index in [9.17, 15) is 14.4 Å². The molecule has 0 aliphatic heterocycles. The fourth-order valence-corrected chi connectivity index (χ4v) is 1.67. The zero-order valence-corrected chi connectivity index (χ0v) is 12.3. The predicted octanol–water partition coefficient (Wildman–Crippen LogP) is 1.23. The monoisotopic (exact) mass is 321 g/mol. The lowest BCUT2D eigenvalue weighted by Gasteiger charge is -2.06. The lowest BCUT2D eigenvalue weighted by Crippen LogP contribution is -2.24. The molecule has 7 nitrogen and oxygen atoms in total. The molecule has 0 atom stereocenters. The summed E-state index contributed by atoms with van der Waals surface area (Å²) < 4.78 is 5.83. The van der Waals surface area contributed by atoms with Gasteiger partial charge in [-0.05, 0) is 30.3 Å². The SMILES string of the molecule is Cn1nc(C(=O)OCC(=O)Nc2ccc(Cl)cc2)ccc1=O. The quantitative estimate of drug-likeness (QED) is 0.855. The van der Waals surface area contributed by atoms with E-state index in [2.05, 4.69) is 10.4 Å². The minimum absolute atomic E-state index is 0.0543. The fourth-order valence-electron chi connectivity index (χ4n) is 1.55. The summed E-state index contributed by atoms with van der Waals surface area (Å²) in [7, 11) is 1.41. The largest absolute Gasteiger partial charge is 0.451 e. The molecule has 1 heterocycles. The van der Waals surface area contributed by atoms with E-state index in [-0.39, 0.29) is 11.3 Å². The van der Waals surface area contributed by atoms with Gasteiger partial charge in [0, 0.05) is 23.8 Å². The maximum absolute atomic E-state index is 11.7. The molecule has 0 fully saturated rings. The number of hydrogen-bond donors (Lipinski definition) is 1. The van der Waals surface area contributed by atoms with Gasteiger partial charge in [-0.2, -0.15) is 5.10 Å². The number of nitrogens with zero attached hydrogens (tertiary/aromatic N) is 2. The number of rotatable bonds is 4. The summed E-state index contributed by atoms with van der Waals surface area (Å²) in [5, 5.41) is 6.82. The third-order valence-electron chi connectivity index (χ3n) is 2.63. The average molecular weight is 322 g/mol. The van der Waals surface area contributed by atoms with Crippen molar-refractivity contribution in [3.05, 3.63) is 57.5 Å². The molecule has 2 aromatic rings. The van der Waals surface area contributed by atoms with Crippen LogP contribution in [0, 0.1) is 0 Å². The molecule has 22 heavy (non-hydrogen) atoms. The van der Waals surface area contributed by atoms with Gasteiger partial charge in [-0.3, -0.25) is 9.59 Å². The minimum Gasteiger partial charge on any atom is -0.451 e. The van der Waals surface area contributed by atoms with Crippen LogP contribution in [0.1, 0.15) is 10.5 Å². The molecule has 1 aromatic heterocycles. The topological polar surface area (TPSA) is 90.3 Å². The van der Waals surface area contributed by atoms with Gasteiger partial charge in [-0.15, -0.1) is 0 Å². The van der Waals surface area contributed by atoms with Crippen LogP contribution in [0.3, 0.4) is 0 Å². The molecule has 1 amide bonds. The molecule has 0 unspecified atom stereocenters. The lowest BCUT2D eigenvalue weighted by atomic mass is 10.3. The Kier molecular flexibility index (Phi) is 4.90. The molecule has 0 saturated heterocycles. The van der Waals surface area contributed by atoms with Gasteiger partial charge in [0.05, 0.1) is 0 Å². The highest BCUT2D eigenvalue weighted by Gasteiger charge is 2.12. The summed E-state index contributed by atoms with van der Waals surface area (Å²) in [5.74, 6) is -1.29. The number of esters is 1. The molecule has 0 aliphatic carbocycles. The van der Waals surface area contributed by atoms with E-state index in [1.54, 1.807) is 24.3 Å². The van der Waals surface area contributed by atoms with Crippen LogP contribution in [0.25, 0.3) is 0 Å². The molecule has 0 aliphatic rings. The number of ether oxygens (including phenoxy) is 1. The summed E-state index contributed by atoms with van der Waals surface area (Å²) in [6.45, 7) is -0.466. The molecular weight excluding hydrogens is 310 g/mol. The van der Waals surface area contributed by atoms with E-state index in [1.807, 2.05) is 0 Å². The van der Waals surface area contributed by atoms with Gasteiger partial charge < -0.3 is 10.1 Å². The summed E-state index contributed by atoms with van der Waals surface area (Å²) in [4.78, 5) is 34.5. The van der Waals surface area contributed by atoms with Crippen LogP contribution in [0.5, 0.6) is 0 Å². The highest BCUT2D eigenvalue weighted by atomic mass is 35.5. The van der Waals surface area contributed by atoms with Crippen molar-refractivity contribution in [2.24, 2.45) is 7.05 Å². The lowest BCUT2D eigenvalue weighted by molar-refractivity contribution is -0.119. The molecule has 1 N–H and O–H groups in total. The third-order valence-corrected chi connectivity index (χ3v) is 2.88. The Morgan fingerprint density at radius 1 is 1.23 bits per heavy atom. The number of aryl methyl sites for hydroxylation is 1. The summed E-state index contributed by atoms with van der Waals surface area (Å²) in [6, 6.07) is 8.92. The first-order chi connectivity index (χ1) is 10.5. The third kappa shape index (κ3) is 4.16. The highest BCUT2D eigenvalue weighted by Crippen LogP contribution is 2.13. The second-order valence-electron chi connectivity index (χ2n) is 4.31. The van der Waals surface area contributed by atoms with Crippen LogP contribution in [0.15, 0.2) is 41.2 Å². The smallest absolute Gasteiger partial charge is 0.359 e. The first-order valence-electron chi connectivity index (χ1n) is 6.22. The highest BCUT2D eigenvalue weighted by molar-refractivity contribution is 6.30. The van der Waals surface area contributed by atoms with E-state index in [1.165, 1.54) is 19.2 Å². The van der Waals surface area contributed by atoms with E-state index in [0.717, 1.165) is 4.68 Å². The molecule has 2 rings (SSSR count). The van der Waals surface area contributed by atoms with Crippen molar-refractivity contribution in [1.29, 1.82) is 0 Å². The Morgan fingerprint density at radius 2 is 1.91 bits per heavy atom. The van der Waals surface area contributed by atoms with Gasteiger partial charge >= 0.3 is 5.97 Å². The Bertz CT molecular complexity index is 755. The van der Waals surface area contributed by atoms with E-state index < -0.39 is 18.5 Å². The van der Waals surface area contributed by atoms with Crippen molar-refractivity contribution in [3.8, 4) is 0 Å². The first kappa shape index (κ1) is 15.7. The maximum Gasteiger partial charge on any atom is 0.359 e. The van der Waals surface area contributed by atoms with Gasteiger partial charge in [-0.1, -0.05) is 11.6 Å². The van der Waals surface area contributed by atoms with Crippen molar-refractivity contribution in [3.63, 3.8) is 0 Å². The molecule has 0 spiro atoms. The Morgan fingerprint density at radius 3 is 2.55 bits per heavy atom. The Balaban J connectivity index is 1.90. The normalized spacial score (nSPS) is 10.1. The minimum atomic E-state index is -0.790. The van der Waals surface area contributed by atoms with Crippen molar-refractivity contribution in [2.45, 2.75) is 0 Å². The van der Waals surface area contributed by atoms with Crippen LogP contribution >= 0.6 is 11.6 Å². The predicted molar refractivity (Wildman–Crippen MR) is 79.8 cm³/mol. The summed E-state index contributed by atoms with van der Waals surface area (Å²) in [6.07, 6.45) is 0. The molecule has 8 heteroatoms. The van der Waals surface area contributed by atoms with E-state index >= 15 is 0 Å². The number of nitrogens with one attached hydrogen (secondary N) is 1. The van der Waals surface area contributed by atoms with Crippen molar-refractivity contribution >= 4 is 29.2 Å². The van der Waals surface area contributed by atoms with Gasteiger partial charge in [0.25, 0.3) is 11.5 Å². The van der Waals surface area contributed by atoms with Crippen molar-refractivity contribution in [2.75, 3.05) is 11.9 Å². The van der Waals surface area contributed by atoms with Crippen molar-refractivity contribution < 1.29 is 14.3 Å². The molecule has 0 saturated carbocycles. The average Bonchev–Trinajstić information content (AvgIpc) is 2.50. The number of halogens is 1. The standard InChI is InChI=1S/C14H12ClN3O4/c1-18-13(20)7-6-11(17-18)14(21)22-8-12(19)16-10-4-2-9(15)3-5-10/h2-7H,8H2,1H3,(H,16,19). The molecular formula is C14H12ClN3O4. The molecule has 1 aromatic carbocycles. The van der Waals surface area contributed by atoms with Crippen LogP contribution < -0.4 is 10.9 Å². The van der Waals surface area contributed by atoms with Gasteiger partial charge in [-0.25, -0.2) is 9.48 Å². The molecule has 0 bridgehead atoms. The fraction of sp³-hybridized carbons (Fsp3) is 0.143. The second kappa shape index (κ2) is 6.86.